The van der Waals surface area contributed by atoms with E-state index >= 15 is 0 Å². The molecule has 1 aromatic carbocycles. The summed E-state index contributed by atoms with van der Waals surface area (Å²) in [7, 11) is 0. The fourth-order valence-corrected chi connectivity index (χ4v) is 3.81. The topological polar surface area (TPSA) is 60.7 Å². The highest BCUT2D eigenvalue weighted by atomic mass is 16.3. The van der Waals surface area contributed by atoms with Crippen molar-refractivity contribution < 1.29 is 15.3 Å². The summed E-state index contributed by atoms with van der Waals surface area (Å²) in [4.78, 5) is 0. The summed E-state index contributed by atoms with van der Waals surface area (Å²) in [6.07, 6.45) is 6.39. The van der Waals surface area contributed by atoms with Gasteiger partial charge in [-0.05, 0) is 59.2 Å². The molecule has 0 heterocycles. The van der Waals surface area contributed by atoms with Gasteiger partial charge in [0, 0.05) is 12.3 Å². The molecule has 3 heteroatoms. The Bertz CT molecular complexity index is 694. The average molecular weight is 268 g/mol. The Morgan fingerprint density at radius 2 is 1.95 bits per heavy atom. The summed E-state index contributed by atoms with van der Waals surface area (Å²) in [5.74, 6) is 1.05. The van der Waals surface area contributed by atoms with Crippen LogP contribution in [0.2, 0.25) is 0 Å². The van der Waals surface area contributed by atoms with Gasteiger partial charge >= 0.3 is 0 Å². The van der Waals surface area contributed by atoms with E-state index < -0.39 is 0 Å². The third kappa shape index (κ3) is 1.52. The highest BCUT2D eigenvalue weighted by Crippen LogP contribution is 2.52. The summed E-state index contributed by atoms with van der Waals surface area (Å²) in [6, 6.07) is 5.57. The number of rotatable bonds is 0. The van der Waals surface area contributed by atoms with Crippen LogP contribution in [0.25, 0.3) is 0 Å². The van der Waals surface area contributed by atoms with E-state index in [1.807, 2.05) is 12.1 Å². The molecule has 3 aliphatic carbocycles. The lowest BCUT2D eigenvalue weighted by atomic mass is 9.74. The summed E-state index contributed by atoms with van der Waals surface area (Å²) < 4.78 is 0. The first kappa shape index (κ1) is 11.6. The van der Waals surface area contributed by atoms with Gasteiger partial charge in [0.05, 0.1) is 0 Å². The molecule has 3 nitrogen and oxygen atoms in total. The smallest absolute Gasteiger partial charge is 0.153 e. The molecule has 20 heavy (non-hydrogen) atoms. The zero-order chi connectivity index (χ0) is 13.9. The molecule has 0 fully saturated rings. The minimum atomic E-state index is -0.0105. The number of hydrogen-bond donors (Lipinski definition) is 3. The third-order valence-corrected chi connectivity index (χ3v) is 4.70. The number of aliphatic hydroxyl groups excluding tert-OH is 2. The summed E-state index contributed by atoms with van der Waals surface area (Å²) in [5.41, 5.74) is 4.69. The van der Waals surface area contributed by atoms with Crippen molar-refractivity contribution in [2.24, 2.45) is 5.92 Å². The molecule has 0 radical (unpaired) electrons. The van der Waals surface area contributed by atoms with Crippen LogP contribution in [0.3, 0.4) is 0 Å². The number of hydrogen-bond acceptors (Lipinski definition) is 3. The zero-order valence-corrected chi connectivity index (χ0v) is 11.0. The van der Waals surface area contributed by atoms with Crippen LogP contribution in [0.5, 0.6) is 5.75 Å². The summed E-state index contributed by atoms with van der Waals surface area (Å²) in [5, 5.41) is 29.1. The highest BCUT2D eigenvalue weighted by molar-refractivity contribution is 5.57. The van der Waals surface area contributed by atoms with Crippen LogP contribution in [0.4, 0.5) is 0 Å². The van der Waals surface area contributed by atoms with Gasteiger partial charge in [0.25, 0.3) is 0 Å². The van der Waals surface area contributed by atoms with Crippen LogP contribution < -0.4 is 0 Å². The van der Waals surface area contributed by atoms with Gasteiger partial charge in [0.1, 0.15) is 11.5 Å². The number of benzene rings is 1. The Morgan fingerprint density at radius 3 is 2.80 bits per heavy atom. The van der Waals surface area contributed by atoms with E-state index in [-0.39, 0.29) is 17.4 Å². The number of fused-ring (bicyclic) bond motifs is 5. The van der Waals surface area contributed by atoms with Crippen LogP contribution in [0, 0.1) is 5.92 Å². The van der Waals surface area contributed by atoms with E-state index in [1.165, 1.54) is 11.1 Å². The number of aryl methyl sites for hydroxylation is 1. The van der Waals surface area contributed by atoms with E-state index in [4.69, 9.17) is 0 Å². The van der Waals surface area contributed by atoms with Crippen molar-refractivity contribution in [3.05, 3.63) is 64.1 Å². The molecule has 0 spiro atoms. The second-order valence-corrected chi connectivity index (χ2v) is 5.86. The standard InChI is InChI=1S/C17H16O3/c18-12-3-4-13-9(6-12)1-2-10-5-11-7-15(19)16(20)8-14(11)17(10)13/h3-6,8,10,17-20H,1-2,7H2. The van der Waals surface area contributed by atoms with E-state index in [0.29, 0.717) is 18.1 Å². The van der Waals surface area contributed by atoms with Crippen molar-refractivity contribution in [3.8, 4) is 5.75 Å². The molecule has 0 amide bonds. The zero-order valence-electron chi connectivity index (χ0n) is 11.0. The Labute approximate surface area is 117 Å². The Balaban J connectivity index is 1.85. The molecule has 0 aliphatic heterocycles. The van der Waals surface area contributed by atoms with E-state index in [2.05, 4.69) is 6.08 Å². The second kappa shape index (κ2) is 3.92. The third-order valence-electron chi connectivity index (χ3n) is 4.70. The van der Waals surface area contributed by atoms with Crippen molar-refractivity contribution >= 4 is 0 Å². The van der Waals surface area contributed by atoms with Crippen LogP contribution in [-0.2, 0) is 6.42 Å². The Kier molecular flexibility index (Phi) is 2.28. The molecule has 3 aliphatic rings. The minimum absolute atomic E-state index is 0.0105. The van der Waals surface area contributed by atoms with Crippen LogP contribution in [0.1, 0.15) is 29.9 Å². The van der Waals surface area contributed by atoms with Crippen LogP contribution in [0.15, 0.2) is 53.0 Å². The average Bonchev–Trinajstić information content (AvgIpc) is 2.77. The molecule has 102 valence electrons. The molecule has 2 unspecified atom stereocenters. The molecule has 0 saturated heterocycles. The van der Waals surface area contributed by atoms with Crippen LogP contribution in [-0.4, -0.2) is 15.3 Å². The lowest BCUT2D eigenvalue weighted by Gasteiger charge is -2.30. The van der Waals surface area contributed by atoms with Crippen LogP contribution >= 0.6 is 0 Å². The van der Waals surface area contributed by atoms with Crippen molar-refractivity contribution in [1.29, 1.82) is 0 Å². The van der Waals surface area contributed by atoms with Crippen molar-refractivity contribution in [1.82, 2.24) is 0 Å². The van der Waals surface area contributed by atoms with E-state index in [1.54, 1.807) is 12.1 Å². The number of aliphatic hydroxyl groups is 2. The van der Waals surface area contributed by atoms with Gasteiger partial charge in [-0.25, -0.2) is 0 Å². The maximum absolute atomic E-state index is 9.79. The molecule has 0 aromatic heterocycles. The van der Waals surface area contributed by atoms with E-state index in [0.717, 1.165) is 24.0 Å². The van der Waals surface area contributed by atoms with Gasteiger partial charge in [-0.2, -0.15) is 0 Å². The monoisotopic (exact) mass is 268 g/mol. The first-order valence-electron chi connectivity index (χ1n) is 6.99. The SMILES string of the molecule is OC1=C(O)CC2=CC3CCc4cc(O)ccc4C3C2=C1. The Hall–Kier alpha value is -2.16. The summed E-state index contributed by atoms with van der Waals surface area (Å²) >= 11 is 0. The van der Waals surface area contributed by atoms with Gasteiger partial charge in [-0.1, -0.05) is 12.1 Å². The second-order valence-electron chi connectivity index (χ2n) is 5.86. The van der Waals surface area contributed by atoms with Gasteiger partial charge in [-0.15, -0.1) is 0 Å². The van der Waals surface area contributed by atoms with Gasteiger partial charge in [0.15, 0.2) is 5.76 Å². The van der Waals surface area contributed by atoms with Gasteiger partial charge in [-0.3, -0.25) is 0 Å². The first-order valence-corrected chi connectivity index (χ1v) is 6.99. The molecule has 2 atom stereocenters. The fraction of sp³-hybridized carbons (Fsp3) is 0.294. The quantitative estimate of drug-likeness (QED) is 0.673. The fourth-order valence-electron chi connectivity index (χ4n) is 3.81. The molecule has 0 saturated carbocycles. The minimum Gasteiger partial charge on any atom is -0.508 e. The molecule has 0 bridgehead atoms. The van der Waals surface area contributed by atoms with E-state index in [9.17, 15) is 15.3 Å². The normalized spacial score (nSPS) is 27.4. The number of phenols is 1. The number of allylic oxidation sites excluding steroid dienone is 4. The molecular formula is C17H16O3. The predicted molar refractivity (Wildman–Crippen MR) is 75.7 cm³/mol. The maximum atomic E-state index is 9.79. The largest absolute Gasteiger partial charge is 0.508 e. The maximum Gasteiger partial charge on any atom is 0.153 e. The number of phenolic OH excluding ortho intramolecular Hbond substituents is 1. The number of aromatic hydroxyl groups is 1. The lowest BCUT2D eigenvalue weighted by molar-refractivity contribution is 0.325. The van der Waals surface area contributed by atoms with Gasteiger partial charge in [0.2, 0.25) is 0 Å². The Morgan fingerprint density at radius 1 is 1.10 bits per heavy atom. The lowest BCUT2D eigenvalue weighted by Crippen LogP contribution is -2.18. The summed E-state index contributed by atoms with van der Waals surface area (Å²) in [6.45, 7) is 0. The van der Waals surface area contributed by atoms with Crippen molar-refractivity contribution in [3.63, 3.8) is 0 Å². The van der Waals surface area contributed by atoms with Crippen molar-refractivity contribution in [2.45, 2.75) is 25.2 Å². The molecule has 3 N–H and O–H groups in total. The predicted octanol–water partition coefficient (Wildman–Crippen LogP) is 3.64. The van der Waals surface area contributed by atoms with Crippen molar-refractivity contribution in [2.75, 3.05) is 0 Å². The molecule has 1 aromatic rings. The molecular weight excluding hydrogens is 252 g/mol. The first-order chi connectivity index (χ1) is 9.63. The van der Waals surface area contributed by atoms with Gasteiger partial charge < -0.3 is 15.3 Å². The highest BCUT2D eigenvalue weighted by Gasteiger charge is 2.39. The molecule has 4 rings (SSSR count).